The van der Waals surface area contributed by atoms with E-state index in [4.69, 9.17) is 11.6 Å². The molecule has 0 N–H and O–H groups in total. The molecule has 1 saturated heterocycles. The maximum absolute atomic E-state index is 14.3. The minimum atomic E-state index is -0.188. The van der Waals surface area contributed by atoms with E-state index < -0.39 is 0 Å². The minimum Gasteiger partial charge on any atom is -0.367 e. The molecule has 0 bridgehead atoms. The lowest BCUT2D eigenvalue weighted by molar-refractivity contribution is 0.201. The lowest BCUT2D eigenvalue weighted by atomic mass is 10.0. The Morgan fingerprint density at radius 3 is 2.27 bits per heavy atom. The third kappa shape index (κ3) is 4.74. The first-order valence-corrected chi connectivity index (χ1v) is 11.4. The van der Waals surface area contributed by atoms with E-state index in [2.05, 4.69) is 37.5 Å². The van der Waals surface area contributed by atoms with Crippen molar-refractivity contribution >= 4 is 17.3 Å². The van der Waals surface area contributed by atoms with Crippen LogP contribution in [0.5, 0.6) is 0 Å². The number of halogens is 2. The van der Waals surface area contributed by atoms with Gasteiger partial charge in [0, 0.05) is 31.2 Å². The van der Waals surface area contributed by atoms with Crippen molar-refractivity contribution in [3.8, 4) is 0 Å². The lowest BCUT2D eigenvalue weighted by Crippen LogP contribution is -2.48. The molecule has 6 nitrogen and oxygen atoms in total. The molecule has 2 heterocycles. The highest BCUT2D eigenvalue weighted by molar-refractivity contribution is 6.30. The summed E-state index contributed by atoms with van der Waals surface area (Å²) >= 11 is 6.17. The highest BCUT2D eigenvalue weighted by Crippen LogP contribution is 2.30. The normalized spacial score (nSPS) is 15.5. The maximum Gasteiger partial charge on any atom is 0.173 e. The molecule has 5 rings (SSSR count). The summed E-state index contributed by atoms with van der Waals surface area (Å²) in [5.74, 6) is 0.590. The van der Waals surface area contributed by atoms with Crippen LogP contribution in [0.3, 0.4) is 0 Å². The van der Waals surface area contributed by atoms with Gasteiger partial charge in [0.1, 0.15) is 5.82 Å². The smallest absolute Gasteiger partial charge is 0.173 e. The molecule has 1 aliphatic rings. The third-order valence-electron chi connectivity index (χ3n) is 6.04. The zero-order valence-electron chi connectivity index (χ0n) is 18.1. The fraction of sp³-hybridized carbons (Fsp3) is 0.240. The van der Waals surface area contributed by atoms with Crippen molar-refractivity contribution in [2.45, 2.75) is 12.6 Å². The molecule has 1 unspecified atom stereocenters. The number of hydrogen-bond donors (Lipinski definition) is 0. The van der Waals surface area contributed by atoms with E-state index in [0.717, 1.165) is 30.0 Å². The van der Waals surface area contributed by atoms with Crippen molar-refractivity contribution in [1.29, 1.82) is 0 Å². The second-order valence-electron chi connectivity index (χ2n) is 8.11. The van der Waals surface area contributed by atoms with Crippen LogP contribution < -0.4 is 4.90 Å². The Balaban J connectivity index is 1.43. The number of anilines is 1. The molecule has 1 atom stereocenters. The Hall–Kier alpha value is -3.29. The molecule has 33 heavy (non-hydrogen) atoms. The summed E-state index contributed by atoms with van der Waals surface area (Å²) in [5, 5.41) is 13.4. The predicted octanol–water partition coefficient (Wildman–Crippen LogP) is 4.43. The summed E-state index contributed by atoms with van der Waals surface area (Å²) in [6.45, 7) is 3.51. The fourth-order valence-corrected chi connectivity index (χ4v) is 4.50. The van der Waals surface area contributed by atoms with E-state index in [9.17, 15) is 4.39 Å². The van der Waals surface area contributed by atoms with Gasteiger partial charge in [-0.3, -0.25) is 4.90 Å². The average Bonchev–Trinajstić information content (AvgIpc) is 3.29. The van der Waals surface area contributed by atoms with E-state index in [0.29, 0.717) is 30.3 Å². The second kappa shape index (κ2) is 9.68. The van der Waals surface area contributed by atoms with Crippen molar-refractivity contribution in [2.75, 3.05) is 31.1 Å². The standard InChI is InChI=1S/C25H24ClFN6/c26-21-12-10-20(11-13-21)24(25-28-29-30-33(25)18-19-6-2-1-3-7-19)32-16-14-31(15-17-32)23-9-5-4-8-22(23)27/h1-13,24H,14-18H2. The van der Waals surface area contributed by atoms with Crippen LogP contribution in [0.1, 0.15) is 23.0 Å². The number of para-hydroxylation sites is 1. The molecule has 3 aromatic carbocycles. The van der Waals surface area contributed by atoms with Crippen molar-refractivity contribution in [3.05, 3.63) is 107 Å². The first-order chi connectivity index (χ1) is 16.2. The number of benzene rings is 3. The second-order valence-corrected chi connectivity index (χ2v) is 8.55. The van der Waals surface area contributed by atoms with Gasteiger partial charge in [0.25, 0.3) is 0 Å². The highest BCUT2D eigenvalue weighted by Gasteiger charge is 2.31. The predicted molar refractivity (Wildman–Crippen MR) is 127 cm³/mol. The molecule has 1 fully saturated rings. The molecule has 0 spiro atoms. The lowest BCUT2D eigenvalue weighted by Gasteiger charge is -2.40. The number of hydrogen-bond acceptors (Lipinski definition) is 5. The van der Waals surface area contributed by atoms with E-state index in [1.165, 1.54) is 6.07 Å². The largest absolute Gasteiger partial charge is 0.367 e. The van der Waals surface area contributed by atoms with Gasteiger partial charge < -0.3 is 4.90 Å². The van der Waals surface area contributed by atoms with Gasteiger partial charge in [-0.1, -0.05) is 66.2 Å². The third-order valence-corrected chi connectivity index (χ3v) is 6.29. The van der Waals surface area contributed by atoms with Crippen LogP contribution in [0.25, 0.3) is 0 Å². The van der Waals surface area contributed by atoms with E-state index in [1.807, 2.05) is 59.3 Å². The SMILES string of the molecule is Fc1ccccc1N1CCN(C(c2ccc(Cl)cc2)c2nnnn2Cc2ccccc2)CC1. The van der Waals surface area contributed by atoms with Crippen LogP contribution in [-0.4, -0.2) is 51.3 Å². The summed E-state index contributed by atoms with van der Waals surface area (Å²) in [7, 11) is 0. The number of tetrazole rings is 1. The van der Waals surface area contributed by atoms with Crippen molar-refractivity contribution in [2.24, 2.45) is 0 Å². The van der Waals surface area contributed by atoms with Gasteiger partial charge in [-0.25, -0.2) is 9.07 Å². The minimum absolute atomic E-state index is 0.135. The molecular weight excluding hydrogens is 439 g/mol. The quantitative estimate of drug-likeness (QED) is 0.424. The Morgan fingerprint density at radius 2 is 1.55 bits per heavy atom. The summed E-state index contributed by atoms with van der Waals surface area (Å²) in [4.78, 5) is 4.45. The summed E-state index contributed by atoms with van der Waals surface area (Å²) < 4.78 is 16.2. The van der Waals surface area contributed by atoms with E-state index in [-0.39, 0.29) is 11.9 Å². The Kier molecular flexibility index (Phi) is 6.32. The zero-order chi connectivity index (χ0) is 22.6. The van der Waals surface area contributed by atoms with Crippen molar-refractivity contribution in [1.82, 2.24) is 25.1 Å². The van der Waals surface area contributed by atoms with Gasteiger partial charge in [-0.2, -0.15) is 0 Å². The van der Waals surface area contributed by atoms with E-state index in [1.54, 1.807) is 6.07 Å². The van der Waals surface area contributed by atoms with Crippen LogP contribution in [0.15, 0.2) is 78.9 Å². The highest BCUT2D eigenvalue weighted by atomic mass is 35.5. The van der Waals surface area contributed by atoms with Gasteiger partial charge in [-0.15, -0.1) is 5.10 Å². The van der Waals surface area contributed by atoms with Crippen LogP contribution in [-0.2, 0) is 6.54 Å². The van der Waals surface area contributed by atoms with Crippen molar-refractivity contribution in [3.63, 3.8) is 0 Å². The van der Waals surface area contributed by atoms with Crippen LogP contribution in [0.2, 0.25) is 5.02 Å². The molecule has 0 amide bonds. The topological polar surface area (TPSA) is 50.1 Å². The molecule has 0 aliphatic carbocycles. The monoisotopic (exact) mass is 462 g/mol. The molecule has 4 aromatic rings. The number of nitrogens with zero attached hydrogens (tertiary/aromatic N) is 6. The first-order valence-electron chi connectivity index (χ1n) is 11.0. The Bertz CT molecular complexity index is 1190. The zero-order valence-corrected chi connectivity index (χ0v) is 18.8. The Morgan fingerprint density at radius 1 is 0.848 bits per heavy atom. The van der Waals surface area contributed by atoms with Crippen molar-refractivity contribution < 1.29 is 4.39 Å². The maximum atomic E-state index is 14.3. The van der Waals surface area contributed by atoms with Crippen LogP contribution in [0, 0.1) is 5.82 Å². The van der Waals surface area contributed by atoms with Gasteiger partial charge in [0.2, 0.25) is 0 Å². The van der Waals surface area contributed by atoms with Gasteiger partial charge in [-0.05, 0) is 45.8 Å². The molecule has 168 valence electrons. The summed E-state index contributed by atoms with van der Waals surface area (Å²) in [5.41, 5.74) is 2.85. The van der Waals surface area contributed by atoms with Gasteiger partial charge in [0.05, 0.1) is 18.3 Å². The van der Waals surface area contributed by atoms with Crippen LogP contribution in [0.4, 0.5) is 10.1 Å². The Labute approximate surface area is 197 Å². The fourth-order valence-electron chi connectivity index (χ4n) is 4.37. The van der Waals surface area contributed by atoms with E-state index >= 15 is 0 Å². The molecule has 1 aromatic heterocycles. The first kappa shape index (κ1) is 21.6. The molecule has 0 radical (unpaired) electrons. The van der Waals surface area contributed by atoms with Crippen LogP contribution >= 0.6 is 11.6 Å². The van der Waals surface area contributed by atoms with Gasteiger partial charge in [0.15, 0.2) is 5.82 Å². The van der Waals surface area contributed by atoms with Gasteiger partial charge >= 0.3 is 0 Å². The summed E-state index contributed by atoms with van der Waals surface area (Å²) in [6, 6.07) is 24.8. The average molecular weight is 463 g/mol. The summed E-state index contributed by atoms with van der Waals surface area (Å²) in [6.07, 6.45) is 0. The number of piperazine rings is 1. The number of aromatic nitrogens is 4. The molecular formula is C25H24ClFN6. The number of rotatable bonds is 6. The molecule has 0 saturated carbocycles. The molecule has 1 aliphatic heterocycles. The molecule has 8 heteroatoms.